The first-order valence-corrected chi connectivity index (χ1v) is 8.55. The van der Waals surface area contributed by atoms with Crippen LogP contribution in [0.1, 0.15) is 22.2 Å². The average Bonchev–Trinajstić information content (AvgIpc) is 2.96. The Hall–Kier alpha value is -1.68. The molecule has 0 saturated heterocycles. The number of nitrogens with zero attached hydrogens (tertiary/aromatic N) is 2. The van der Waals surface area contributed by atoms with Gasteiger partial charge in [0.15, 0.2) is 5.96 Å². The molecule has 2 rings (SSSR count). The smallest absolute Gasteiger partial charge is 0.269 e. The van der Waals surface area contributed by atoms with Crippen LogP contribution in [0.2, 0.25) is 0 Å². The Kier molecular flexibility index (Phi) is 8.84. The minimum Gasteiger partial charge on any atom is -0.354 e. The van der Waals surface area contributed by atoms with Gasteiger partial charge in [-0.3, -0.25) is 15.1 Å². The number of hydrogen-bond donors (Lipinski definition) is 2. The van der Waals surface area contributed by atoms with Crippen molar-refractivity contribution in [2.45, 2.75) is 32.9 Å². The monoisotopic (exact) mass is 474 g/mol. The number of nitrogens with one attached hydrogen (secondary N) is 2. The van der Waals surface area contributed by atoms with E-state index in [4.69, 9.17) is 0 Å². The summed E-state index contributed by atoms with van der Waals surface area (Å²) in [5, 5.41) is 17.4. The predicted molar refractivity (Wildman–Crippen MR) is 114 cm³/mol. The van der Waals surface area contributed by atoms with Gasteiger partial charge in [-0.25, -0.2) is 0 Å². The number of thiophene rings is 1. The number of rotatable bonds is 6. The van der Waals surface area contributed by atoms with Crippen molar-refractivity contribution in [3.63, 3.8) is 0 Å². The molecule has 0 spiro atoms. The Morgan fingerprint density at radius 3 is 2.72 bits per heavy atom. The molecule has 0 aliphatic rings. The van der Waals surface area contributed by atoms with E-state index in [2.05, 4.69) is 41.6 Å². The van der Waals surface area contributed by atoms with Crippen molar-refractivity contribution < 1.29 is 4.92 Å². The summed E-state index contributed by atoms with van der Waals surface area (Å²) in [6, 6.07) is 11.1. The van der Waals surface area contributed by atoms with Gasteiger partial charge in [0.25, 0.3) is 5.69 Å². The van der Waals surface area contributed by atoms with Gasteiger partial charge in [0, 0.05) is 47.9 Å². The summed E-state index contributed by atoms with van der Waals surface area (Å²) < 4.78 is 0. The molecule has 0 radical (unpaired) electrons. The highest BCUT2D eigenvalue weighted by Crippen LogP contribution is 2.16. The molecule has 25 heavy (non-hydrogen) atoms. The number of non-ortho nitro benzene ring substituents is 1. The summed E-state index contributed by atoms with van der Waals surface area (Å²) in [4.78, 5) is 17.3. The molecule has 0 aliphatic carbocycles. The van der Waals surface area contributed by atoms with E-state index in [-0.39, 0.29) is 40.6 Å². The highest BCUT2D eigenvalue weighted by Gasteiger charge is 2.09. The third-order valence-electron chi connectivity index (χ3n) is 3.49. The van der Waals surface area contributed by atoms with Crippen LogP contribution in [0, 0.1) is 17.0 Å². The van der Waals surface area contributed by atoms with Crippen molar-refractivity contribution in [3.8, 4) is 0 Å². The van der Waals surface area contributed by atoms with E-state index in [1.54, 1.807) is 30.5 Å². The van der Waals surface area contributed by atoms with Gasteiger partial charge in [0.2, 0.25) is 0 Å². The minimum absolute atomic E-state index is 0. The molecule has 0 amide bonds. The number of hydrogen-bond acceptors (Lipinski definition) is 4. The van der Waals surface area contributed by atoms with Gasteiger partial charge in [-0.15, -0.1) is 35.3 Å². The number of aliphatic imine (C=N–C) groups is 1. The molecular weight excluding hydrogens is 451 g/mol. The lowest BCUT2D eigenvalue weighted by Crippen LogP contribution is -2.42. The summed E-state index contributed by atoms with van der Waals surface area (Å²) in [6.45, 7) is 4.69. The normalized spacial score (nSPS) is 12.2. The fourth-order valence-corrected chi connectivity index (χ4v) is 3.36. The molecule has 2 aromatic rings. The number of aryl methyl sites for hydroxylation is 1. The fourth-order valence-electron chi connectivity index (χ4n) is 2.34. The first kappa shape index (κ1) is 21.4. The van der Waals surface area contributed by atoms with E-state index in [9.17, 15) is 10.1 Å². The Balaban J connectivity index is 0.00000312. The Morgan fingerprint density at radius 1 is 1.36 bits per heavy atom. The zero-order chi connectivity index (χ0) is 17.5. The van der Waals surface area contributed by atoms with Crippen molar-refractivity contribution in [2.24, 2.45) is 4.99 Å². The molecule has 1 heterocycles. The number of halogens is 1. The lowest BCUT2D eigenvalue weighted by atomic mass is 10.2. The Labute approximate surface area is 168 Å². The summed E-state index contributed by atoms with van der Waals surface area (Å²) in [7, 11) is 1.71. The number of nitro benzene ring substituents is 1. The zero-order valence-electron chi connectivity index (χ0n) is 14.5. The van der Waals surface area contributed by atoms with E-state index < -0.39 is 0 Å². The topological polar surface area (TPSA) is 79.6 Å². The average molecular weight is 474 g/mol. The van der Waals surface area contributed by atoms with Crippen LogP contribution < -0.4 is 10.6 Å². The second-order valence-corrected chi connectivity index (χ2v) is 6.99. The Bertz CT molecular complexity index is 733. The highest BCUT2D eigenvalue weighted by atomic mass is 127. The van der Waals surface area contributed by atoms with Crippen molar-refractivity contribution >= 4 is 47.0 Å². The lowest BCUT2D eigenvalue weighted by molar-refractivity contribution is -0.384. The van der Waals surface area contributed by atoms with Crippen LogP contribution in [-0.2, 0) is 13.0 Å². The van der Waals surface area contributed by atoms with Crippen molar-refractivity contribution in [3.05, 3.63) is 61.8 Å². The SMILES string of the molecule is CN=C(NCc1cccc([N+](=O)[O-])c1)NC(C)Cc1ccc(C)s1.I. The van der Waals surface area contributed by atoms with Gasteiger partial charge in [-0.1, -0.05) is 12.1 Å². The molecule has 0 fully saturated rings. The van der Waals surface area contributed by atoms with Gasteiger partial charge < -0.3 is 10.6 Å². The van der Waals surface area contributed by atoms with E-state index in [1.807, 2.05) is 6.07 Å². The minimum atomic E-state index is -0.387. The van der Waals surface area contributed by atoms with E-state index in [0.717, 1.165) is 12.0 Å². The summed E-state index contributed by atoms with van der Waals surface area (Å²) in [5.41, 5.74) is 0.937. The quantitative estimate of drug-likeness (QED) is 0.219. The first-order chi connectivity index (χ1) is 11.5. The van der Waals surface area contributed by atoms with E-state index >= 15 is 0 Å². The van der Waals surface area contributed by atoms with Crippen LogP contribution in [0.5, 0.6) is 0 Å². The number of guanidine groups is 1. The Morgan fingerprint density at radius 2 is 2.12 bits per heavy atom. The van der Waals surface area contributed by atoms with Crippen LogP contribution in [0.4, 0.5) is 5.69 Å². The van der Waals surface area contributed by atoms with Crippen molar-refractivity contribution in [1.82, 2.24) is 10.6 Å². The third-order valence-corrected chi connectivity index (χ3v) is 4.51. The van der Waals surface area contributed by atoms with Gasteiger partial charge in [0.1, 0.15) is 0 Å². The van der Waals surface area contributed by atoms with Crippen molar-refractivity contribution in [1.29, 1.82) is 0 Å². The lowest BCUT2D eigenvalue weighted by Gasteiger charge is -2.17. The highest BCUT2D eigenvalue weighted by molar-refractivity contribution is 14.0. The van der Waals surface area contributed by atoms with Crippen LogP contribution in [0.15, 0.2) is 41.4 Å². The maximum absolute atomic E-state index is 10.8. The maximum Gasteiger partial charge on any atom is 0.269 e. The van der Waals surface area contributed by atoms with Crippen molar-refractivity contribution in [2.75, 3.05) is 7.05 Å². The van der Waals surface area contributed by atoms with E-state index in [1.165, 1.54) is 15.8 Å². The molecule has 8 heteroatoms. The molecule has 1 aromatic carbocycles. The number of benzene rings is 1. The second-order valence-electron chi connectivity index (χ2n) is 5.61. The van der Waals surface area contributed by atoms with Crippen LogP contribution in [0.3, 0.4) is 0 Å². The van der Waals surface area contributed by atoms with Gasteiger partial charge in [-0.2, -0.15) is 0 Å². The molecule has 1 unspecified atom stereocenters. The van der Waals surface area contributed by atoms with Crippen LogP contribution in [0.25, 0.3) is 0 Å². The molecular formula is C17H23IN4O2S. The molecule has 136 valence electrons. The number of nitro groups is 1. The van der Waals surface area contributed by atoms with Gasteiger partial charge in [0.05, 0.1) is 4.92 Å². The first-order valence-electron chi connectivity index (χ1n) is 7.73. The maximum atomic E-state index is 10.8. The summed E-state index contributed by atoms with van der Waals surface area (Å²) in [5.74, 6) is 0.683. The van der Waals surface area contributed by atoms with Crippen LogP contribution >= 0.6 is 35.3 Å². The predicted octanol–water partition coefficient (Wildman–Crippen LogP) is 3.88. The zero-order valence-corrected chi connectivity index (χ0v) is 17.6. The molecule has 0 aliphatic heterocycles. The largest absolute Gasteiger partial charge is 0.354 e. The molecule has 0 saturated carbocycles. The molecule has 6 nitrogen and oxygen atoms in total. The van der Waals surface area contributed by atoms with Gasteiger partial charge >= 0.3 is 0 Å². The standard InChI is InChI=1S/C17H22N4O2S.HI/c1-12(9-16-8-7-13(2)24-16)20-17(18-3)19-11-14-5-4-6-15(10-14)21(22)23;/h4-8,10,12H,9,11H2,1-3H3,(H2,18,19,20);1H. The summed E-state index contributed by atoms with van der Waals surface area (Å²) >= 11 is 1.80. The molecule has 0 bridgehead atoms. The fraction of sp³-hybridized carbons (Fsp3) is 0.353. The third kappa shape index (κ3) is 6.99. The molecule has 1 atom stereocenters. The van der Waals surface area contributed by atoms with Gasteiger partial charge in [-0.05, 0) is 31.5 Å². The van der Waals surface area contributed by atoms with E-state index in [0.29, 0.717) is 12.5 Å². The second kappa shape index (κ2) is 10.3. The van der Waals surface area contributed by atoms with Crippen LogP contribution in [-0.4, -0.2) is 24.0 Å². The molecule has 1 aromatic heterocycles. The summed E-state index contributed by atoms with van der Waals surface area (Å²) in [6.07, 6.45) is 0.927. The molecule has 2 N–H and O–H groups in total.